The number of ether oxygens (including phenoxy) is 1. The Bertz CT molecular complexity index is 1090. The molecule has 4 rings (SSSR count). The Hall–Kier alpha value is -2.57. The van der Waals surface area contributed by atoms with Crippen LogP contribution in [0.3, 0.4) is 0 Å². The lowest BCUT2D eigenvalue weighted by Gasteiger charge is -2.36. The summed E-state index contributed by atoms with van der Waals surface area (Å²) in [4.78, 5) is 29.3. The fourth-order valence-corrected chi connectivity index (χ4v) is 5.06. The normalized spacial score (nSPS) is 18.8. The van der Waals surface area contributed by atoms with Crippen LogP contribution in [0.4, 0.5) is 10.1 Å². The highest BCUT2D eigenvalue weighted by atomic mass is 32.2. The molecule has 0 spiro atoms. The maximum absolute atomic E-state index is 15.0. The van der Waals surface area contributed by atoms with Gasteiger partial charge in [-0.1, -0.05) is 11.8 Å². The highest BCUT2D eigenvalue weighted by molar-refractivity contribution is 8.00. The standard InChI is InChI=1S/C20H21FN4O3S/c1-3-28-20(27)17-18(26)13-10-14(21)16(11-15(13)25-12(2)29-19(17)25)24-8-6-23(5-4-22)7-9-24/h10-12H,3,5-9H2,1-2H3. The van der Waals surface area contributed by atoms with Gasteiger partial charge < -0.3 is 14.2 Å². The molecule has 0 radical (unpaired) electrons. The first-order valence-corrected chi connectivity index (χ1v) is 10.4. The number of halogens is 1. The molecule has 2 aliphatic heterocycles. The lowest BCUT2D eigenvalue weighted by Crippen LogP contribution is -2.46. The third-order valence-electron chi connectivity index (χ3n) is 5.36. The zero-order valence-electron chi connectivity index (χ0n) is 16.3. The molecule has 2 aliphatic rings. The molecule has 1 aromatic carbocycles. The molecule has 1 fully saturated rings. The van der Waals surface area contributed by atoms with E-state index in [1.165, 1.54) is 17.8 Å². The third kappa shape index (κ3) is 3.26. The summed E-state index contributed by atoms with van der Waals surface area (Å²) < 4.78 is 21.9. The SMILES string of the molecule is CCOC(=O)c1c2n(c3cc(N4CCN(CC#N)CC4)c(F)cc3c1=O)C(C)S2. The molecule has 0 saturated carbocycles. The summed E-state index contributed by atoms with van der Waals surface area (Å²) >= 11 is 1.43. The molecule has 1 unspecified atom stereocenters. The zero-order chi connectivity index (χ0) is 20.7. The monoisotopic (exact) mass is 416 g/mol. The number of nitrogens with zero attached hydrogens (tertiary/aromatic N) is 4. The van der Waals surface area contributed by atoms with E-state index in [2.05, 4.69) is 6.07 Å². The molecule has 0 bridgehead atoms. The van der Waals surface area contributed by atoms with Crippen LogP contribution in [-0.2, 0) is 4.74 Å². The maximum atomic E-state index is 15.0. The van der Waals surface area contributed by atoms with Crippen LogP contribution < -0.4 is 10.3 Å². The average molecular weight is 416 g/mol. The zero-order valence-corrected chi connectivity index (χ0v) is 17.1. The molecule has 152 valence electrons. The minimum absolute atomic E-state index is 0.0142. The van der Waals surface area contributed by atoms with Gasteiger partial charge in [0.25, 0.3) is 0 Å². The highest BCUT2D eigenvalue weighted by Crippen LogP contribution is 2.46. The van der Waals surface area contributed by atoms with E-state index in [-0.39, 0.29) is 22.9 Å². The van der Waals surface area contributed by atoms with E-state index in [9.17, 15) is 14.0 Å². The number of benzene rings is 1. The van der Waals surface area contributed by atoms with Crippen LogP contribution in [0.25, 0.3) is 10.9 Å². The van der Waals surface area contributed by atoms with Gasteiger partial charge in [-0.2, -0.15) is 5.26 Å². The molecule has 1 aromatic heterocycles. The van der Waals surface area contributed by atoms with Gasteiger partial charge in [0, 0.05) is 31.6 Å². The average Bonchev–Trinajstić information content (AvgIpc) is 2.69. The molecule has 7 nitrogen and oxygen atoms in total. The van der Waals surface area contributed by atoms with E-state index in [0.717, 1.165) is 0 Å². The molecular formula is C20H21FN4O3S. The predicted octanol–water partition coefficient (Wildman–Crippen LogP) is 2.59. The number of fused-ring (bicyclic) bond motifs is 3. The van der Waals surface area contributed by atoms with E-state index in [1.54, 1.807) is 13.0 Å². The van der Waals surface area contributed by atoms with Crippen molar-refractivity contribution in [1.82, 2.24) is 9.47 Å². The first-order chi connectivity index (χ1) is 14.0. The first kappa shape index (κ1) is 19.7. The Morgan fingerprint density at radius 2 is 2.07 bits per heavy atom. The van der Waals surface area contributed by atoms with Crippen LogP contribution >= 0.6 is 11.8 Å². The molecule has 3 heterocycles. The van der Waals surface area contributed by atoms with Gasteiger partial charge in [-0.25, -0.2) is 9.18 Å². The topological polar surface area (TPSA) is 78.6 Å². The number of hydrogen-bond donors (Lipinski definition) is 0. The number of piperazine rings is 1. The van der Waals surface area contributed by atoms with Crippen LogP contribution in [0.5, 0.6) is 0 Å². The van der Waals surface area contributed by atoms with Gasteiger partial charge in [0.15, 0.2) is 0 Å². The van der Waals surface area contributed by atoms with Crippen LogP contribution in [0, 0.1) is 17.1 Å². The second-order valence-corrected chi connectivity index (χ2v) is 8.36. The van der Waals surface area contributed by atoms with Gasteiger partial charge >= 0.3 is 5.97 Å². The lowest BCUT2D eigenvalue weighted by atomic mass is 10.1. The quantitative estimate of drug-likeness (QED) is 0.560. The molecule has 29 heavy (non-hydrogen) atoms. The fraction of sp³-hybridized carbons (Fsp3) is 0.450. The van der Waals surface area contributed by atoms with Gasteiger partial charge in [0.05, 0.1) is 40.8 Å². The summed E-state index contributed by atoms with van der Waals surface area (Å²) in [6.45, 7) is 6.75. The van der Waals surface area contributed by atoms with Crippen molar-refractivity contribution in [2.75, 3.05) is 44.2 Å². The van der Waals surface area contributed by atoms with Crippen LogP contribution in [0.2, 0.25) is 0 Å². The second-order valence-electron chi connectivity index (χ2n) is 7.06. The molecular weight excluding hydrogens is 395 g/mol. The van der Waals surface area contributed by atoms with Gasteiger partial charge in [-0.05, 0) is 26.0 Å². The Balaban J connectivity index is 1.79. The number of nitriles is 1. The van der Waals surface area contributed by atoms with Crippen molar-refractivity contribution in [3.05, 3.63) is 33.7 Å². The molecule has 1 atom stereocenters. The number of carbonyl (C=O) groups excluding carboxylic acids is 1. The van der Waals surface area contributed by atoms with Crippen LogP contribution in [0.15, 0.2) is 22.0 Å². The minimum Gasteiger partial charge on any atom is -0.462 e. The van der Waals surface area contributed by atoms with Gasteiger partial charge in [0.2, 0.25) is 5.43 Å². The predicted molar refractivity (Wildman–Crippen MR) is 109 cm³/mol. The summed E-state index contributed by atoms with van der Waals surface area (Å²) in [6.07, 6.45) is 0. The summed E-state index contributed by atoms with van der Waals surface area (Å²) in [6, 6.07) is 5.08. The number of thioether (sulfide) groups is 1. The summed E-state index contributed by atoms with van der Waals surface area (Å²) in [5.74, 6) is -1.15. The van der Waals surface area contributed by atoms with Crippen molar-refractivity contribution < 1.29 is 13.9 Å². The van der Waals surface area contributed by atoms with Crippen molar-refractivity contribution in [3.63, 3.8) is 0 Å². The van der Waals surface area contributed by atoms with Crippen molar-refractivity contribution in [2.45, 2.75) is 24.2 Å². The van der Waals surface area contributed by atoms with E-state index >= 15 is 0 Å². The molecule has 0 N–H and O–H groups in total. The molecule has 9 heteroatoms. The van der Waals surface area contributed by atoms with Gasteiger partial charge in [0.1, 0.15) is 11.4 Å². The molecule has 2 aromatic rings. The summed E-state index contributed by atoms with van der Waals surface area (Å²) in [5.41, 5.74) is 0.560. The maximum Gasteiger partial charge on any atom is 0.344 e. The molecule has 0 aliphatic carbocycles. The van der Waals surface area contributed by atoms with Crippen molar-refractivity contribution in [3.8, 4) is 6.07 Å². The Labute approximate surface area is 171 Å². The largest absolute Gasteiger partial charge is 0.462 e. The Kier molecular flexibility index (Phi) is 5.23. The highest BCUT2D eigenvalue weighted by Gasteiger charge is 2.34. The number of carbonyl (C=O) groups is 1. The number of rotatable bonds is 4. The third-order valence-corrected chi connectivity index (χ3v) is 6.54. The van der Waals surface area contributed by atoms with Crippen molar-refractivity contribution in [2.24, 2.45) is 0 Å². The minimum atomic E-state index is -0.666. The molecule has 0 amide bonds. The number of pyridine rings is 1. The Morgan fingerprint density at radius 1 is 1.34 bits per heavy atom. The van der Waals surface area contributed by atoms with E-state index in [1.807, 2.05) is 21.3 Å². The van der Waals surface area contributed by atoms with E-state index < -0.39 is 17.2 Å². The van der Waals surface area contributed by atoms with Gasteiger partial charge in [-0.15, -0.1) is 0 Å². The van der Waals surface area contributed by atoms with Crippen LogP contribution in [0.1, 0.15) is 29.6 Å². The first-order valence-electron chi connectivity index (χ1n) is 9.56. The fourth-order valence-electron chi connectivity index (χ4n) is 3.91. The second kappa shape index (κ2) is 7.69. The van der Waals surface area contributed by atoms with Crippen molar-refractivity contribution in [1.29, 1.82) is 5.26 Å². The Morgan fingerprint density at radius 3 is 2.69 bits per heavy atom. The summed E-state index contributed by atoms with van der Waals surface area (Å²) in [7, 11) is 0. The van der Waals surface area contributed by atoms with Crippen molar-refractivity contribution >= 4 is 34.3 Å². The lowest BCUT2D eigenvalue weighted by molar-refractivity contribution is 0.0518. The smallest absolute Gasteiger partial charge is 0.344 e. The number of hydrogen-bond acceptors (Lipinski definition) is 7. The van der Waals surface area contributed by atoms with Crippen LogP contribution in [-0.4, -0.2) is 54.8 Å². The number of esters is 1. The van der Waals surface area contributed by atoms with E-state index in [4.69, 9.17) is 10.00 Å². The number of aromatic nitrogens is 1. The number of anilines is 1. The molecule has 1 saturated heterocycles. The van der Waals surface area contributed by atoms with E-state index in [0.29, 0.717) is 49.0 Å². The summed E-state index contributed by atoms with van der Waals surface area (Å²) in [5, 5.41) is 9.64. The van der Waals surface area contributed by atoms with Gasteiger partial charge in [-0.3, -0.25) is 9.69 Å².